The Kier molecular flexibility index (Phi) is 9.05. The lowest BCUT2D eigenvalue weighted by Crippen LogP contribution is -2.29. The Morgan fingerprint density at radius 2 is 1.71 bits per heavy atom. The topological polar surface area (TPSA) is 117 Å². The van der Waals surface area contributed by atoms with E-state index in [1.54, 1.807) is 0 Å². The average molecular weight is 316 g/mol. The maximum absolute atomic E-state index is 11.7. The zero-order valence-electron chi connectivity index (χ0n) is 10.9. The fourth-order valence-electron chi connectivity index (χ4n) is 0.925. The van der Waals surface area contributed by atoms with Gasteiger partial charge in [-0.2, -0.15) is 13.2 Å². The number of rotatable bonds is 8. The van der Waals surface area contributed by atoms with Crippen LogP contribution in [0.2, 0.25) is 0 Å². The lowest BCUT2D eigenvalue weighted by molar-refractivity contribution is -0.285. The number of ether oxygens (including phenoxy) is 1. The lowest BCUT2D eigenvalue weighted by atomic mass is 10.3. The molecule has 0 saturated heterocycles. The molecule has 0 radical (unpaired) electrons. The molecule has 0 spiro atoms. The zero-order chi connectivity index (χ0) is 16.3. The van der Waals surface area contributed by atoms with Gasteiger partial charge in [0, 0.05) is 19.5 Å². The highest BCUT2D eigenvalue weighted by Gasteiger charge is 2.43. The van der Waals surface area contributed by atoms with E-state index in [1.807, 2.05) is 0 Å². The minimum absolute atomic E-state index is 0.191. The summed E-state index contributed by atoms with van der Waals surface area (Å²) in [6.07, 6.45) is -6.14. The summed E-state index contributed by atoms with van der Waals surface area (Å²) in [6, 6.07) is 0. The molecular weight excluding hydrogens is 301 g/mol. The molecule has 0 aromatic heterocycles. The van der Waals surface area contributed by atoms with Gasteiger partial charge in [0.1, 0.15) is 0 Å². The highest BCUT2D eigenvalue weighted by atomic mass is 19.4. The number of carbonyl (C=O) groups is 3. The molecule has 122 valence electrons. The second kappa shape index (κ2) is 9.94. The van der Waals surface area contributed by atoms with Crippen LogP contribution in [-0.2, 0) is 28.9 Å². The van der Waals surface area contributed by atoms with E-state index in [4.69, 9.17) is 10.5 Å². The van der Waals surface area contributed by atoms with Crippen molar-refractivity contribution in [2.75, 3.05) is 26.3 Å². The molecule has 0 aliphatic carbocycles. The minimum atomic E-state index is -5.26. The fraction of sp³-hybridized carbons (Fsp3) is 0.700. The predicted octanol–water partition coefficient (Wildman–Crippen LogP) is -0.578. The maximum atomic E-state index is 11.7. The zero-order valence-corrected chi connectivity index (χ0v) is 10.9. The molecule has 8 nitrogen and oxygen atoms in total. The molecule has 0 unspecified atom stereocenters. The highest BCUT2D eigenvalue weighted by molar-refractivity contribution is 5.81. The molecule has 0 fully saturated rings. The minimum Gasteiger partial charge on any atom is -0.378 e. The van der Waals surface area contributed by atoms with Crippen LogP contribution in [0.1, 0.15) is 12.8 Å². The van der Waals surface area contributed by atoms with Crippen LogP contribution in [0, 0.1) is 0 Å². The maximum Gasteiger partial charge on any atom is 0.495 e. The number of amides is 1. The highest BCUT2D eigenvalue weighted by Crippen LogP contribution is 2.16. The monoisotopic (exact) mass is 316 g/mol. The molecule has 1 amide bonds. The van der Waals surface area contributed by atoms with Gasteiger partial charge in [0.25, 0.3) is 0 Å². The average Bonchev–Trinajstić information content (AvgIpc) is 2.41. The summed E-state index contributed by atoms with van der Waals surface area (Å²) in [4.78, 5) is 39.2. The van der Waals surface area contributed by atoms with Gasteiger partial charge in [-0.3, -0.25) is 4.79 Å². The van der Waals surface area contributed by atoms with Crippen molar-refractivity contribution in [2.45, 2.75) is 19.0 Å². The van der Waals surface area contributed by atoms with Crippen molar-refractivity contribution in [3.63, 3.8) is 0 Å². The van der Waals surface area contributed by atoms with Crippen molar-refractivity contribution in [1.29, 1.82) is 0 Å². The number of carbonyl (C=O) groups excluding carboxylic acids is 3. The van der Waals surface area contributed by atoms with Gasteiger partial charge in [-0.25, -0.2) is 19.4 Å². The Morgan fingerprint density at radius 1 is 1.05 bits per heavy atom. The Bertz CT molecular complexity index is 361. The third-order valence-electron chi connectivity index (χ3n) is 1.83. The molecule has 0 aromatic carbocycles. The number of hydrogen-bond acceptors (Lipinski definition) is 7. The summed E-state index contributed by atoms with van der Waals surface area (Å²) in [6.45, 7) is 1.11. The van der Waals surface area contributed by atoms with Crippen molar-refractivity contribution in [3.05, 3.63) is 0 Å². The van der Waals surface area contributed by atoms with Crippen LogP contribution in [-0.4, -0.2) is 50.3 Å². The first-order valence-electron chi connectivity index (χ1n) is 5.80. The quantitative estimate of drug-likeness (QED) is 0.349. The first-order chi connectivity index (χ1) is 9.77. The number of alkyl halides is 3. The molecule has 3 N–H and O–H groups in total. The second-order valence-electron chi connectivity index (χ2n) is 3.57. The van der Waals surface area contributed by atoms with E-state index < -0.39 is 30.4 Å². The molecule has 0 atom stereocenters. The van der Waals surface area contributed by atoms with E-state index >= 15 is 0 Å². The Morgan fingerprint density at radius 3 is 2.29 bits per heavy atom. The summed E-state index contributed by atoms with van der Waals surface area (Å²) in [5, 5.41) is 2.39. The fourth-order valence-corrected chi connectivity index (χ4v) is 0.925. The Labute approximate surface area is 117 Å². The molecule has 0 heterocycles. The van der Waals surface area contributed by atoms with Crippen molar-refractivity contribution >= 4 is 17.8 Å². The van der Waals surface area contributed by atoms with Crippen LogP contribution in [0.3, 0.4) is 0 Å². The normalized spacial score (nSPS) is 10.9. The SMILES string of the molecule is NCCOCCNC(=O)CCC(=O)OOC(=O)C(F)(F)F. The van der Waals surface area contributed by atoms with E-state index in [2.05, 4.69) is 15.1 Å². The summed E-state index contributed by atoms with van der Waals surface area (Å²) < 4.78 is 40.0. The van der Waals surface area contributed by atoms with Crippen molar-refractivity contribution in [2.24, 2.45) is 5.73 Å². The largest absolute Gasteiger partial charge is 0.495 e. The molecular formula is C10H15F3N2O6. The smallest absolute Gasteiger partial charge is 0.378 e. The van der Waals surface area contributed by atoms with Gasteiger partial charge in [0.2, 0.25) is 5.91 Å². The van der Waals surface area contributed by atoms with Crippen LogP contribution < -0.4 is 11.1 Å². The summed E-state index contributed by atoms with van der Waals surface area (Å²) >= 11 is 0. The van der Waals surface area contributed by atoms with Crippen molar-refractivity contribution in [3.8, 4) is 0 Å². The van der Waals surface area contributed by atoms with Gasteiger partial charge in [-0.15, -0.1) is 0 Å². The molecule has 0 rings (SSSR count). The molecule has 21 heavy (non-hydrogen) atoms. The van der Waals surface area contributed by atoms with E-state index in [1.165, 1.54) is 0 Å². The van der Waals surface area contributed by atoms with E-state index in [-0.39, 0.29) is 19.6 Å². The summed E-state index contributed by atoms with van der Waals surface area (Å²) in [5.41, 5.74) is 5.16. The van der Waals surface area contributed by atoms with Crippen LogP contribution in [0.25, 0.3) is 0 Å². The van der Waals surface area contributed by atoms with E-state index in [9.17, 15) is 27.6 Å². The van der Waals surface area contributed by atoms with E-state index in [0.29, 0.717) is 13.2 Å². The van der Waals surface area contributed by atoms with Crippen molar-refractivity contribution in [1.82, 2.24) is 5.32 Å². The van der Waals surface area contributed by atoms with Gasteiger partial charge < -0.3 is 15.8 Å². The summed E-state index contributed by atoms with van der Waals surface area (Å²) in [5.74, 6) is -4.47. The number of halogens is 3. The van der Waals surface area contributed by atoms with Crippen LogP contribution in [0.15, 0.2) is 0 Å². The Hall–Kier alpha value is -1.88. The summed E-state index contributed by atoms with van der Waals surface area (Å²) in [7, 11) is 0. The molecule has 11 heteroatoms. The van der Waals surface area contributed by atoms with E-state index in [0.717, 1.165) is 0 Å². The molecule has 0 aliphatic rings. The molecule has 0 bridgehead atoms. The molecule has 0 aromatic rings. The van der Waals surface area contributed by atoms with Crippen LogP contribution >= 0.6 is 0 Å². The third kappa shape index (κ3) is 10.6. The van der Waals surface area contributed by atoms with Gasteiger partial charge >= 0.3 is 18.1 Å². The molecule has 0 aliphatic heterocycles. The van der Waals surface area contributed by atoms with Gasteiger partial charge in [0.15, 0.2) is 0 Å². The standard InChI is InChI=1S/C10H15F3N2O6/c11-10(12,13)9(18)21-20-8(17)2-1-7(16)15-4-6-19-5-3-14/h1-6,14H2,(H,15,16). The second-order valence-corrected chi connectivity index (χ2v) is 3.57. The third-order valence-corrected chi connectivity index (χ3v) is 1.83. The van der Waals surface area contributed by atoms with Gasteiger partial charge in [-0.05, 0) is 0 Å². The number of nitrogens with two attached hydrogens (primary N) is 1. The lowest BCUT2D eigenvalue weighted by Gasteiger charge is -2.06. The Balaban J connectivity index is 3.69. The van der Waals surface area contributed by atoms with Crippen molar-refractivity contribution < 1.29 is 42.1 Å². The predicted molar refractivity (Wildman–Crippen MR) is 60.4 cm³/mol. The number of hydrogen-bond donors (Lipinski definition) is 2. The first-order valence-corrected chi connectivity index (χ1v) is 5.80. The first kappa shape index (κ1) is 19.1. The van der Waals surface area contributed by atoms with Gasteiger partial charge in [0.05, 0.1) is 19.6 Å². The molecule has 0 saturated carbocycles. The number of nitrogens with one attached hydrogen (secondary N) is 1. The van der Waals surface area contributed by atoms with Gasteiger partial charge in [-0.1, -0.05) is 0 Å². The van der Waals surface area contributed by atoms with Crippen LogP contribution in [0.4, 0.5) is 13.2 Å². The van der Waals surface area contributed by atoms with Crippen LogP contribution in [0.5, 0.6) is 0 Å².